The normalized spacial score (nSPS) is 25.3. The highest BCUT2D eigenvalue weighted by molar-refractivity contribution is 5.72. The molecule has 4 atom stereocenters. The van der Waals surface area contributed by atoms with Gasteiger partial charge in [0, 0.05) is 22.5 Å². The summed E-state index contributed by atoms with van der Waals surface area (Å²) in [4.78, 5) is 0. The van der Waals surface area contributed by atoms with E-state index in [9.17, 15) is 0 Å². The number of aryl methyl sites for hydroxylation is 4. The van der Waals surface area contributed by atoms with Gasteiger partial charge in [0.25, 0.3) is 0 Å². The molecule has 3 aromatic rings. The van der Waals surface area contributed by atoms with Gasteiger partial charge in [-0.3, -0.25) is 0 Å². The van der Waals surface area contributed by atoms with Crippen LogP contribution >= 0.6 is 0 Å². The van der Waals surface area contributed by atoms with E-state index in [4.69, 9.17) is 14.2 Å². The summed E-state index contributed by atoms with van der Waals surface area (Å²) in [5.41, 5.74) is 11.3. The molecule has 3 aliphatic rings. The lowest BCUT2D eigenvalue weighted by atomic mass is 9.96. The number of benzene rings is 3. The Labute approximate surface area is 200 Å². The lowest BCUT2D eigenvalue weighted by Gasteiger charge is -2.43. The van der Waals surface area contributed by atoms with Crippen molar-refractivity contribution in [3.63, 3.8) is 0 Å². The Bertz CT molecular complexity index is 1280. The maximum absolute atomic E-state index is 6.64. The first-order valence-electron chi connectivity index (χ1n) is 11.9. The maximum Gasteiger partial charge on any atom is 0.184 e. The van der Waals surface area contributed by atoms with Crippen LogP contribution in [0.1, 0.15) is 45.8 Å². The van der Waals surface area contributed by atoms with Crippen LogP contribution in [0.25, 0.3) is 0 Å². The van der Waals surface area contributed by atoms with Crippen molar-refractivity contribution in [3.05, 3.63) is 105 Å². The number of hydrogen-bond acceptors (Lipinski definition) is 5. The largest absolute Gasteiger partial charge is 0.358 e. The Morgan fingerprint density at radius 2 is 1.65 bits per heavy atom. The molecule has 5 heteroatoms. The van der Waals surface area contributed by atoms with E-state index >= 15 is 0 Å². The number of fused-ring (bicyclic) bond motifs is 4. The predicted octanol–water partition coefficient (Wildman–Crippen LogP) is 6.22. The van der Waals surface area contributed by atoms with Gasteiger partial charge in [-0.25, -0.2) is 0 Å². The molecule has 2 N–H and O–H groups in total. The quantitative estimate of drug-likeness (QED) is 0.492. The van der Waals surface area contributed by atoms with E-state index in [0.717, 1.165) is 28.3 Å². The molecule has 0 amide bonds. The van der Waals surface area contributed by atoms with Crippen LogP contribution < -0.4 is 10.6 Å². The molecule has 1 saturated heterocycles. The zero-order chi connectivity index (χ0) is 23.4. The van der Waals surface area contributed by atoms with Gasteiger partial charge < -0.3 is 24.8 Å². The molecule has 0 spiro atoms. The van der Waals surface area contributed by atoms with Crippen molar-refractivity contribution in [2.24, 2.45) is 0 Å². The molecule has 0 bridgehead atoms. The van der Waals surface area contributed by atoms with Crippen LogP contribution in [0.5, 0.6) is 0 Å². The monoisotopic (exact) mass is 454 g/mol. The first-order chi connectivity index (χ1) is 16.5. The van der Waals surface area contributed by atoms with E-state index in [-0.39, 0.29) is 18.3 Å². The van der Waals surface area contributed by atoms with Gasteiger partial charge in [0.15, 0.2) is 6.29 Å². The topological polar surface area (TPSA) is 51.8 Å². The Morgan fingerprint density at radius 1 is 0.853 bits per heavy atom. The molecule has 4 unspecified atom stereocenters. The Kier molecular flexibility index (Phi) is 5.21. The van der Waals surface area contributed by atoms with Gasteiger partial charge in [0.1, 0.15) is 18.3 Å². The van der Waals surface area contributed by atoms with Crippen molar-refractivity contribution < 1.29 is 14.2 Å². The average molecular weight is 455 g/mol. The Morgan fingerprint density at radius 3 is 2.44 bits per heavy atom. The standard InChI is InChI=1S/C29H30N2O3/c1-16-10-11-22(18(3)12-16)30-26-25-27(21-14-17(2)13-19(4)24(21)31-25)33-23-15-32-29(34-28(23)26)20-8-6-5-7-9-20/h5-14,23,27-31H,15H2,1-4H3. The van der Waals surface area contributed by atoms with Crippen molar-refractivity contribution in [3.8, 4) is 0 Å². The molecule has 3 aliphatic heterocycles. The van der Waals surface area contributed by atoms with Gasteiger partial charge in [0.2, 0.25) is 0 Å². The molecule has 0 aromatic heterocycles. The Balaban J connectivity index is 1.44. The summed E-state index contributed by atoms with van der Waals surface area (Å²) in [6, 6.07) is 21.0. The molecule has 3 aromatic carbocycles. The molecule has 3 heterocycles. The van der Waals surface area contributed by atoms with Crippen LogP contribution in [-0.2, 0) is 14.2 Å². The molecule has 34 heavy (non-hydrogen) atoms. The molecule has 5 nitrogen and oxygen atoms in total. The third-order valence-corrected chi connectivity index (χ3v) is 6.94. The third-order valence-electron chi connectivity index (χ3n) is 6.94. The smallest absolute Gasteiger partial charge is 0.184 e. The fourth-order valence-electron chi connectivity index (χ4n) is 5.33. The van der Waals surface area contributed by atoms with Gasteiger partial charge in [0.05, 0.1) is 18.0 Å². The molecule has 174 valence electrons. The first kappa shape index (κ1) is 21.4. The van der Waals surface area contributed by atoms with Crippen molar-refractivity contribution in [2.75, 3.05) is 17.2 Å². The van der Waals surface area contributed by atoms with Crippen LogP contribution in [0.3, 0.4) is 0 Å². The average Bonchev–Trinajstić information content (AvgIpc) is 3.19. The highest BCUT2D eigenvalue weighted by Crippen LogP contribution is 2.49. The third kappa shape index (κ3) is 3.61. The lowest BCUT2D eigenvalue weighted by molar-refractivity contribution is -0.266. The van der Waals surface area contributed by atoms with Crippen molar-refractivity contribution in [2.45, 2.75) is 52.3 Å². The highest BCUT2D eigenvalue weighted by atomic mass is 16.7. The molecular formula is C29H30N2O3. The molecule has 6 rings (SSSR count). The summed E-state index contributed by atoms with van der Waals surface area (Å²) in [5.74, 6) is 0. The molecule has 0 radical (unpaired) electrons. The van der Waals surface area contributed by atoms with Gasteiger partial charge in [-0.2, -0.15) is 0 Å². The van der Waals surface area contributed by atoms with E-state index in [0.29, 0.717) is 6.61 Å². The number of rotatable bonds is 3. The molecule has 0 aliphatic carbocycles. The molecule has 1 fully saturated rings. The van der Waals surface area contributed by atoms with E-state index < -0.39 is 6.29 Å². The molecule has 0 saturated carbocycles. The summed E-state index contributed by atoms with van der Waals surface area (Å²) in [6.07, 6.45) is -1.11. The first-order valence-corrected chi connectivity index (χ1v) is 11.9. The van der Waals surface area contributed by atoms with Gasteiger partial charge in [-0.05, 0) is 44.9 Å². The number of ether oxygens (including phenoxy) is 3. The minimum absolute atomic E-state index is 0.177. The fraction of sp³-hybridized carbons (Fsp3) is 0.310. The minimum Gasteiger partial charge on any atom is -0.358 e. The SMILES string of the molecule is Cc1ccc(NC2=C3Nc4c(C)cc(C)cc4C3OC3COC(c4ccccc4)OC23)c(C)c1. The minimum atomic E-state index is -0.438. The summed E-state index contributed by atoms with van der Waals surface area (Å²) >= 11 is 0. The summed E-state index contributed by atoms with van der Waals surface area (Å²) in [5, 5.41) is 7.44. The van der Waals surface area contributed by atoms with Gasteiger partial charge in [-0.15, -0.1) is 0 Å². The van der Waals surface area contributed by atoms with Crippen LogP contribution in [0.2, 0.25) is 0 Å². The molecular weight excluding hydrogens is 424 g/mol. The Hall–Kier alpha value is -3.12. The highest BCUT2D eigenvalue weighted by Gasteiger charge is 2.47. The zero-order valence-electron chi connectivity index (χ0n) is 20.0. The number of nitrogens with one attached hydrogen (secondary N) is 2. The summed E-state index contributed by atoms with van der Waals surface area (Å²) in [7, 11) is 0. The number of hydrogen-bond donors (Lipinski definition) is 2. The van der Waals surface area contributed by atoms with Crippen LogP contribution in [-0.4, -0.2) is 18.8 Å². The second-order valence-corrected chi connectivity index (χ2v) is 9.63. The second kappa shape index (κ2) is 8.27. The van der Waals surface area contributed by atoms with Crippen molar-refractivity contribution in [1.82, 2.24) is 0 Å². The fourth-order valence-corrected chi connectivity index (χ4v) is 5.33. The number of anilines is 2. The van der Waals surface area contributed by atoms with E-state index in [1.165, 1.54) is 27.8 Å². The lowest BCUT2D eigenvalue weighted by Crippen LogP contribution is -2.49. The van der Waals surface area contributed by atoms with E-state index in [1.54, 1.807) is 0 Å². The van der Waals surface area contributed by atoms with Crippen LogP contribution in [0.4, 0.5) is 11.4 Å². The maximum atomic E-state index is 6.64. The van der Waals surface area contributed by atoms with Crippen molar-refractivity contribution in [1.29, 1.82) is 0 Å². The van der Waals surface area contributed by atoms with Gasteiger partial charge in [-0.1, -0.05) is 65.7 Å². The summed E-state index contributed by atoms with van der Waals surface area (Å²) in [6.45, 7) is 8.99. The van der Waals surface area contributed by atoms with E-state index in [2.05, 4.69) is 68.7 Å². The van der Waals surface area contributed by atoms with Gasteiger partial charge >= 0.3 is 0 Å². The van der Waals surface area contributed by atoms with Crippen LogP contribution in [0.15, 0.2) is 72.1 Å². The van der Waals surface area contributed by atoms with Crippen LogP contribution in [0, 0.1) is 27.7 Å². The van der Waals surface area contributed by atoms with Crippen molar-refractivity contribution >= 4 is 11.4 Å². The predicted molar refractivity (Wildman–Crippen MR) is 134 cm³/mol. The second-order valence-electron chi connectivity index (χ2n) is 9.63. The summed E-state index contributed by atoms with van der Waals surface area (Å²) < 4.78 is 19.4. The zero-order valence-corrected chi connectivity index (χ0v) is 20.0. The van der Waals surface area contributed by atoms with E-state index in [1.807, 2.05) is 30.3 Å².